The van der Waals surface area contributed by atoms with Crippen LogP contribution in [0.1, 0.15) is 5.56 Å². The van der Waals surface area contributed by atoms with Gasteiger partial charge in [0.05, 0.1) is 25.5 Å². The normalized spacial score (nSPS) is 25.3. The molecule has 0 amide bonds. The molecule has 0 bridgehead atoms. The van der Waals surface area contributed by atoms with Crippen LogP contribution in [0.3, 0.4) is 0 Å². The maximum Gasteiger partial charge on any atom is 0.209 e. The molecule has 0 saturated carbocycles. The molecule has 122 valence electrons. The molecule has 6 nitrogen and oxygen atoms in total. The van der Waals surface area contributed by atoms with Gasteiger partial charge in [-0.15, -0.1) is 0 Å². The first-order chi connectivity index (χ1) is 10.5. The van der Waals surface area contributed by atoms with E-state index in [4.69, 9.17) is 14.2 Å². The molecule has 0 fully saturated rings. The summed E-state index contributed by atoms with van der Waals surface area (Å²) < 4.78 is 41.8. The molecule has 0 aliphatic carbocycles. The largest absolute Gasteiger partial charge is 0.374 e. The zero-order valence-corrected chi connectivity index (χ0v) is 13.5. The number of hydrogen-bond donors (Lipinski definition) is 1. The molecule has 2 rings (SSSR count). The number of ether oxygens (including phenoxy) is 3. The van der Waals surface area contributed by atoms with Crippen molar-refractivity contribution in [3.8, 4) is 0 Å². The maximum atomic E-state index is 11.4. The lowest BCUT2D eigenvalue weighted by molar-refractivity contribution is -0.154. The Bertz CT molecular complexity index is 587. The fourth-order valence-electron chi connectivity index (χ4n) is 2.14. The van der Waals surface area contributed by atoms with Gasteiger partial charge in [0.1, 0.15) is 6.10 Å². The Kier molecular flexibility index (Phi) is 6.10. The van der Waals surface area contributed by atoms with E-state index in [9.17, 15) is 8.42 Å². The number of methoxy groups -OCH3 is 1. The molecule has 0 radical (unpaired) electrons. The van der Waals surface area contributed by atoms with E-state index in [2.05, 4.69) is 4.72 Å². The van der Waals surface area contributed by atoms with Crippen LogP contribution in [0.25, 0.3) is 0 Å². The summed E-state index contributed by atoms with van der Waals surface area (Å²) in [6, 6.07) is 9.27. The Hall–Kier alpha value is -1.25. The molecule has 1 aromatic carbocycles. The van der Waals surface area contributed by atoms with E-state index in [1.807, 2.05) is 30.3 Å². The van der Waals surface area contributed by atoms with Crippen molar-refractivity contribution in [2.75, 3.05) is 20.0 Å². The third-order valence-electron chi connectivity index (χ3n) is 3.16. The van der Waals surface area contributed by atoms with Crippen LogP contribution in [-0.4, -0.2) is 46.8 Å². The molecule has 3 atom stereocenters. The molecule has 1 aliphatic rings. The van der Waals surface area contributed by atoms with E-state index in [1.54, 1.807) is 12.2 Å². The first-order valence-corrected chi connectivity index (χ1v) is 8.82. The lowest BCUT2D eigenvalue weighted by Gasteiger charge is -2.31. The lowest BCUT2D eigenvalue weighted by Crippen LogP contribution is -2.48. The van der Waals surface area contributed by atoms with Crippen molar-refractivity contribution in [1.29, 1.82) is 0 Å². The number of nitrogens with one attached hydrogen (secondary N) is 1. The first kappa shape index (κ1) is 17.1. The van der Waals surface area contributed by atoms with Gasteiger partial charge >= 0.3 is 0 Å². The summed E-state index contributed by atoms with van der Waals surface area (Å²) in [7, 11) is -1.81. The summed E-state index contributed by atoms with van der Waals surface area (Å²) >= 11 is 0. The Morgan fingerprint density at radius 1 is 1.23 bits per heavy atom. The molecule has 1 N–H and O–H groups in total. The van der Waals surface area contributed by atoms with Gasteiger partial charge in [-0.2, -0.15) is 0 Å². The smallest absolute Gasteiger partial charge is 0.209 e. The van der Waals surface area contributed by atoms with E-state index in [1.165, 1.54) is 7.11 Å². The number of hydrogen-bond acceptors (Lipinski definition) is 5. The Morgan fingerprint density at radius 2 is 1.95 bits per heavy atom. The zero-order chi connectivity index (χ0) is 16.0. The van der Waals surface area contributed by atoms with Crippen LogP contribution >= 0.6 is 0 Å². The van der Waals surface area contributed by atoms with Crippen molar-refractivity contribution in [3.63, 3.8) is 0 Å². The predicted molar refractivity (Wildman–Crippen MR) is 82.7 cm³/mol. The van der Waals surface area contributed by atoms with Gasteiger partial charge in [-0.05, 0) is 11.6 Å². The van der Waals surface area contributed by atoms with Crippen LogP contribution in [0.15, 0.2) is 42.5 Å². The molecule has 7 heteroatoms. The Morgan fingerprint density at radius 3 is 2.59 bits per heavy atom. The highest BCUT2D eigenvalue weighted by molar-refractivity contribution is 7.88. The van der Waals surface area contributed by atoms with E-state index in [-0.39, 0.29) is 6.61 Å². The van der Waals surface area contributed by atoms with Gasteiger partial charge in [0.2, 0.25) is 10.0 Å². The quantitative estimate of drug-likeness (QED) is 0.758. The molecule has 0 unspecified atom stereocenters. The average molecular weight is 327 g/mol. The van der Waals surface area contributed by atoms with E-state index in [0.29, 0.717) is 6.61 Å². The lowest BCUT2D eigenvalue weighted by atomic mass is 10.1. The number of sulfonamides is 1. The molecule has 1 heterocycles. The van der Waals surface area contributed by atoms with Crippen LogP contribution in [0.2, 0.25) is 0 Å². The fourth-order valence-corrected chi connectivity index (χ4v) is 2.87. The van der Waals surface area contributed by atoms with Crippen molar-refractivity contribution in [2.24, 2.45) is 0 Å². The number of rotatable bonds is 7. The highest BCUT2D eigenvalue weighted by Gasteiger charge is 2.29. The topological polar surface area (TPSA) is 73.9 Å². The zero-order valence-electron chi connectivity index (χ0n) is 12.6. The molecular formula is C15H21NO5S. The predicted octanol–water partition coefficient (Wildman–Crippen LogP) is 1.05. The van der Waals surface area contributed by atoms with Crippen molar-refractivity contribution in [1.82, 2.24) is 4.72 Å². The Balaban J connectivity index is 1.94. The first-order valence-electron chi connectivity index (χ1n) is 6.93. The molecule has 0 aromatic heterocycles. The molecule has 0 spiro atoms. The molecule has 1 aliphatic heterocycles. The van der Waals surface area contributed by atoms with Crippen molar-refractivity contribution < 1.29 is 22.6 Å². The van der Waals surface area contributed by atoms with Gasteiger partial charge < -0.3 is 14.2 Å². The van der Waals surface area contributed by atoms with E-state index < -0.39 is 28.5 Å². The molecular weight excluding hydrogens is 306 g/mol. The SMILES string of the molecule is CO[C@@H]1C=C[C@H](NS(C)(=O)=O)[C@@H](COCc2ccccc2)O1. The second kappa shape index (κ2) is 7.85. The summed E-state index contributed by atoms with van der Waals surface area (Å²) in [5, 5.41) is 0. The summed E-state index contributed by atoms with van der Waals surface area (Å²) in [6.45, 7) is 0.694. The van der Waals surface area contributed by atoms with Crippen molar-refractivity contribution in [3.05, 3.63) is 48.0 Å². The molecule has 22 heavy (non-hydrogen) atoms. The third-order valence-corrected chi connectivity index (χ3v) is 3.86. The van der Waals surface area contributed by atoms with Gasteiger partial charge in [-0.3, -0.25) is 0 Å². The third kappa shape index (κ3) is 5.51. The van der Waals surface area contributed by atoms with Crippen LogP contribution < -0.4 is 4.72 Å². The standard InChI is InChI=1S/C15H21NO5S/c1-19-15-9-8-13(16-22(2,17)18)14(21-15)11-20-10-12-6-4-3-5-7-12/h3-9,13-16H,10-11H2,1-2H3/t13-,14+,15-/m0/s1. The second-order valence-electron chi connectivity index (χ2n) is 5.08. The van der Waals surface area contributed by atoms with Gasteiger partial charge in [0.25, 0.3) is 0 Å². The van der Waals surface area contributed by atoms with Crippen molar-refractivity contribution in [2.45, 2.75) is 25.0 Å². The van der Waals surface area contributed by atoms with Crippen molar-refractivity contribution >= 4 is 10.0 Å². The van der Waals surface area contributed by atoms with E-state index in [0.717, 1.165) is 11.8 Å². The van der Waals surface area contributed by atoms with Crippen LogP contribution in [0.5, 0.6) is 0 Å². The maximum absolute atomic E-state index is 11.4. The molecule has 1 aromatic rings. The minimum absolute atomic E-state index is 0.256. The Labute approximate surface area is 131 Å². The average Bonchev–Trinajstić information content (AvgIpc) is 2.48. The molecule has 0 saturated heterocycles. The van der Waals surface area contributed by atoms with E-state index >= 15 is 0 Å². The summed E-state index contributed by atoms with van der Waals surface area (Å²) in [6.07, 6.45) is 3.58. The highest BCUT2D eigenvalue weighted by atomic mass is 32.2. The summed E-state index contributed by atoms with van der Waals surface area (Å²) in [4.78, 5) is 0. The van der Waals surface area contributed by atoms with Crippen LogP contribution in [-0.2, 0) is 30.8 Å². The summed E-state index contributed by atoms with van der Waals surface area (Å²) in [5.74, 6) is 0. The number of benzene rings is 1. The van der Waals surface area contributed by atoms with Crippen LogP contribution in [0, 0.1) is 0 Å². The minimum atomic E-state index is -3.34. The minimum Gasteiger partial charge on any atom is -0.374 e. The second-order valence-corrected chi connectivity index (χ2v) is 6.86. The fraction of sp³-hybridized carbons (Fsp3) is 0.467. The van der Waals surface area contributed by atoms with Gasteiger partial charge in [-0.1, -0.05) is 36.4 Å². The highest BCUT2D eigenvalue weighted by Crippen LogP contribution is 2.15. The van der Waals surface area contributed by atoms with Gasteiger partial charge in [0, 0.05) is 7.11 Å². The van der Waals surface area contributed by atoms with Gasteiger partial charge in [0.15, 0.2) is 6.29 Å². The van der Waals surface area contributed by atoms with Crippen LogP contribution in [0.4, 0.5) is 0 Å². The van der Waals surface area contributed by atoms with Gasteiger partial charge in [-0.25, -0.2) is 13.1 Å². The monoisotopic (exact) mass is 327 g/mol. The summed E-state index contributed by atoms with van der Waals surface area (Å²) in [5.41, 5.74) is 1.05.